The van der Waals surface area contributed by atoms with Crippen LogP contribution in [-0.2, 0) is 6.61 Å². The van der Waals surface area contributed by atoms with E-state index in [9.17, 15) is 0 Å². The molecule has 0 amide bonds. The molecule has 16 heavy (non-hydrogen) atoms. The van der Waals surface area contributed by atoms with Gasteiger partial charge in [-0.1, -0.05) is 0 Å². The summed E-state index contributed by atoms with van der Waals surface area (Å²) in [5.74, 6) is 0.599. The predicted molar refractivity (Wildman–Crippen MR) is 64.6 cm³/mol. The van der Waals surface area contributed by atoms with E-state index < -0.39 is 0 Å². The van der Waals surface area contributed by atoms with E-state index >= 15 is 0 Å². The van der Waals surface area contributed by atoms with E-state index in [2.05, 4.69) is 10.6 Å². The first-order chi connectivity index (χ1) is 7.83. The zero-order valence-electron chi connectivity index (χ0n) is 9.29. The Morgan fingerprint density at radius 2 is 2.12 bits per heavy atom. The molecule has 4 heteroatoms. The van der Waals surface area contributed by atoms with Crippen LogP contribution >= 0.6 is 0 Å². The summed E-state index contributed by atoms with van der Waals surface area (Å²) in [7, 11) is 1.93. The second-order valence-corrected chi connectivity index (χ2v) is 3.65. The van der Waals surface area contributed by atoms with Crippen LogP contribution in [0.2, 0.25) is 0 Å². The summed E-state index contributed by atoms with van der Waals surface area (Å²) >= 11 is 0. The highest BCUT2D eigenvalue weighted by Gasteiger charge is 2.03. The van der Waals surface area contributed by atoms with E-state index in [0.29, 0.717) is 5.76 Å². The summed E-state index contributed by atoms with van der Waals surface area (Å²) in [5, 5.41) is 16.3. The Morgan fingerprint density at radius 3 is 2.88 bits per heavy atom. The molecule has 0 aliphatic rings. The zero-order chi connectivity index (χ0) is 11.4. The molecule has 86 valence electrons. The minimum atomic E-state index is -0.0583. The van der Waals surface area contributed by atoms with Gasteiger partial charge in [0.2, 0.25) is 0 Å². The van der Waals surface area contributed by atoms with Crippen LogP contribution in [0.5, 0.6) is 0 Å². The van der Waals surface area contributed by atoms with Gasteiger partial charge in [-0.25, -0.2) is 0 Å². The van der Waals surface area contributed by atoms with Crippen molar-refractivity contribution in [2.45, 2.75) is 6.61 Å². The largest absolute Gasteiger partial charge is 0.459 e. The van der Waals surface area contributed by atoms with Crippen LogP contribution in [0.3, 0.4) is 0 Å². The zero-order valence-corrected chi connectivity index (χ0v) is 9.29. The maximum atomic E-state index is 8.96. The predicted octanol–water partition coefficient (Wildman–Crippen LogP) is 1.56. The fraction of sp³-hybridized carbons (Fsp3) is 0.333. The van der Waals surface area contributed by atoms with Gasteiger partial charge in [-0.05, 0) is 31.3 Å². The number of aliphatic hydroxyl groups excluding tert-OH is 1. The molecule has 4 nitrogen and oxygen atoms in total. The van der Waals surface area contributed by atoms with Gasteiger partial charge < -0.3 is 20.2 Å². The van der Waals surface area contributed by atoms with Crippen molar-refractivity contribution in [1.29, 1.82) is 0 Å². The van der Waals surface area contributed by atoms with E-state index in [1.165, 1.54) is 0 Å². The van der Waals surface area contributed by atoms with Gasteiger partial charge in [-0.15, -0.1) is 0 Å². The minimum Gasteiger partial charge on any atom is -0.459 e. The Balaban J connectivity index is 2.15. The topological polar surface area (TPSA) is 57.4 Å². The van der Waals surface area contributed by atoms with Gasteiger partial charge in [0, 0.05) is 24.2 Å². The number of anilines is 1. The lowest BCUT2D eigenvalue weighted by Crippen LogP contribution is -2.17. The molecule has 0 radical (unpaired) electrons. The van der Waals surface area contributed by atoms with Gasteiger partial charge in [0.15, 0.2) is 0 Å². The van der Waals surface area contributed by atoms with Crippen LogP contribution in [0.25, 0.3) is 11.0 Å². The highest BCUT2D eigenvalue weighted by molar-refractivity contribution is 5.81. The Hall–Kier alpha value is -1.52. The molecule has 0 saturated heterocycles. The lowest BCUT2D eigenvalue weighted by Gasteiger charge is -2.05. The fourth-order valence-electron chi connectivity index (χ4n) is 1.62. The fourth-order valence-corrected chi connectivity index (χ4v) is 1.62. The number of aliphatic hydroxyl groups is 1. The van der Waals surface area contributed by atoms with Crippen LogP contribution < -0.4 is 10.6 Å². The number of furan rings is 1. The SMILES string of the molecule is CNCCNc1ccc2oc(CO)cc2c1. The maximum Gasteiger partial charge on any atom is 0.134 e. The lowest BCUT2D eigenvalue weighted by atomic mass is 10.2. The van der Waals surface area contributed by atoms with Crippen molar-refractivity contribution >= 4 is 16.7 Å². The summed E-state index contributed by atoms with van der Waals surface area (Å²) in [6, 6.07) is 7.77. The number of rotatable bonds is 5. The van der Waals surface area contributed by atoms with Crippen LogP contribution in [0.4, 0.5) is 5.69 Å². The summed E-state index contributed by atoms with van der Waals surface area (Å²) in [5.41, 5.74) is 1.87. The molecule has 0 aliphatic heterocycles. The third-order valence-corrected chi connectivity index (χ3v) is 2.43. The van der Waals surface area contributed by atoms with Gasteiger partial charge in [0.25, 0.3) is 0 Å². The molecule has 0 fully saturated rings. The molecular weight excluding hydrogens is 204 g/mol. The van der Waals surface area contributed by atoms with Crippen LogP contribution in [0, 0.1) is 0 Å². The van der Waals surface area contributed by atoms with Gasteiger partial charge in [-0.2, -0.15) is 0 Å². The summed E-state index contributed by atoms with van der Waals surface area (Å²) < 4.78 is 5.41. The number of nitrogens with one attached hydrogen (secondary N) is 2. The first-order valence-corrected chi connectivity index (χ1v) is 5.35. The molecule has 0 atom stereocenters. The molecule has 0 spiro atoms. The first kappa shape index (κ1) is 11.0. The average molecular weight is 220 g/mol. The van der Waals surface area contributed by atoms with Crippen molar-refractivity contribution in [2.24, 2.45) is 0 Å². The Bertz CT molecular complexity index is 465. The van der Waals surface area contributed by atoms with Crippen molar-refractivity contribution in [3.8, 4) is 0 Å². The van der Waals surface area contributed by atoms with Crippen molar-refractivity contribution in [3.05, 3.63) is 30.0 Å². The van der Waals surface area contributed by atoms with Crippen LogP contribution in [0.1, 0.15) is 5.76 Å². The van der Waals surface area contributed by atoms with Crippen molar-refractivity contribution in [2.75, 3.05) is 25.5 Å². The number of hydrogen-bond acceptors (Lipinski definition) is 4. The van der Waals surface area contributed by atoms with E-state index in [0.717, 1.165) is 29.7 Å². The number of benzene rings is 1. The molecule has 2 rings (SSSR count). The van der Waals surface area contributed by atoms with Gasteiger partial charge in [0.1, 0.15) is 18.0 Å². The van der Waals surface area contributed by atoms with Gasteiger partial charge in [0.05, 0.1) is 0 Å². The summed E-state index contributed by atoms with van der Waals surface area (Å²) in [4.78, 5) is 0. The third-order valence-electron chi connectivity index (χ3n) is 2.43. The molecule has 1 heterocycles. The van der Waals surface area contributed by atoms with E-state index in [-0.39, 0.29) is 6.61 Å². The Kier molecular flexibility index (Phi) is 3.44. The van der Waals surface area contributed by atoms with Crippen molar-refractivity contribution < 1.29 is 9.52 Å². The molecule has 1 aromatic heterocycles. The van der Waals surface area contributed by atoms with Crippen LogP contribution in [0.15, 0.2) is 28.7 Å². The van der Waals surface area contributed by atoms with E-state index in [1.807, 2.05) is 31.3 Å². The summed E-state index contributed by atoms with van der Waals surface area (Å²) in [6.45, 7) is 1.75. The Labute approximate surface area is 94.3 Å². The van der Waals surface area contributed by atoms with E-state index in [4.69, 9.17) is 9.52 Å². The standard InChI is InChI=1S/C12H16N2O2/c1-13-4-5-14-10-2-3-12-9(6-10)7-11(8-15)16-12/h2-3,6-7,13-15H,4-5,8H2,1H3. The second-order valence-electron chi connectivity index (χ2n) is 3.65. The molecule has 0 saturated carbocycles. The summed E-state index contributed by atoms with van der Waals surface area (Å²) in [6.07, 6.45) is 0. The molecular formula is C12H16N2O2. The monoisotopic (exact) mass is 220 g/mol. The number of hydrogen-bond donors (Lipinski definition) is 3. The molecule has 2 aromatic rings. The number of likely N-dealkylation sites (N-methyl/N-ethyl adjacent to an activating group) is 1. The quantitative estimate of drug-likeness (QED) is 0.669. The highest BCUT2D eigenvalue weighted by atomic mass is 16.4. The van der Waals surface area contributed by atoms with Crippen molar-refractivity contribution in [1.82, 2.24) is 5.32 Å². The molecule has 0 bridgehead atoms. The van der Waals surface area contributed by atoms with E-state index in [1.54, 1.807) is 0 Å². The highest BCUT2D eigenvalue weighted by Crippen LogP contribution is 2.22. The Morgan fingerprint density at radius 1 is 1.25 bits per heavy atom. The smallest absolute Gasteiger partial charge is 0.134 e. The number of fused-ring (bicyclic) bond motifs is 1. The first-order valence-electron chi connectivity index (χ1n) is 5.35. The molecule has 0 aliphatic carbocycles. The molecule has 3 N–H and O–H groups in total. The average Bonchev–Trinajstić information content (AvgIpc) is 2.71. The third kappa shape index (κ3) is 2.35. The minimum absolute atomic E-state index is 0.0583. The van der Waals surface area contributed by atoms with Gasteiger partial charge >= 0.3 is 0 Å². The molecule has 1 aromatic carbocycles. The van der Waals surface area contributed by atoms with Crippen LogP contribution in [-0.4, -0.2) is 25.2 Å². The van der Waals surface area contributed by atoms with Crippen molar-refractivity contribution in [3.63, 3.8) is 0 Å². The maximum absolute atomic E-state index is 8.96. The van der Waals surface area contributed by atoms with Gasteiger partial charge in [-0.3, -0.25) is 0 Å². The lowest BCUT2D eigenvalue weighted by molar-refractivity contribution is 0.251. The normalized spacial score (nSPS) is 10.9. The second kappa shape index (κ2) is 5.01. The molecule has 0 unspecified atom stereocenters.